The van der Waals surface area contributed by atoms with Gasteiger partial charge in [-0.05, 0) is 36.3 Å². The molecule has 1 aromatic rings. The molecule has 0 spiro atoms. The molecule has 0 aromatic carbocycles. The summed E-state index contributed by atoms with van der Waals surface area (Å²) in [5.74, 6) is -0.237. The third-order valence-corrected chi connectivity index (χ3v) is 4.18. The topological polar surface area (TPSA) is 42.0 Å². The molecule has 0 bridgehead atoms. The molecule has 20 heavy (non-hydrogen) atoms. The summed E-state index contributed by atoms with van der Waals surface area (Å²) >= 11 is 0. The zero-order valence-corrected chi connectivity index (χ0v) is 12.4. The first-order chi connectivity index (χ1) is 9.38. The van der Waals surface area contributed by atoms with Gasteiger partial charge in [0.2, 0.25) is 5.95 Å². The van der Waals surface area contributed by atoms with Gasteiger partial charge >= 0.3 is 0 Å². The van der Waals surface area contributed by atoms with E-state index in [2.05, 4.69) is 31.1 Å². The molecule has 1 fully saturated rings. The fourth-order valence-electron chi connectivity index (χ4n) is 3.10. The second-order valence-corrected chi connectivity index (χ2v) is 6.71. The van der Waals surface area contributed by atoms with Crippen LogP contribution in [-0.2, 0) is 0 Å². The van der Waals surface area contributed by atoms with Gasteiger partial charge in [-0.15, -0.1) is 0 Å². The molecule has 1 aromatic heterocycles. The highest BCUT2D eigenvalue weighted by atomic mass is 19.1. The highest BCUT2D eigenvalue weighted by Crippen LogP contribution is 2.38. The first kappa shape index (κ1) is 14.9. The lowest BCUT2D eigenvalue weighted by molar-refractivity contribution is 0.0829. The number of halogens is 1. The molecule has 0 aliphatic heterocycles. The zero-order chi connectivity index (χ0) is 14.8. The second kappa shape index (κ2) is 5.90. The average Bonchev–Trinajstić information content (AvgIpc) is 2.38. The molecule has 0 saturated heterocycles. The summed E-state index contributed by atoms with van der Waals surface area (Å²) in [7, 11) is 0. The van der Waals surface area contributed by atoms with Crippen LogP contribution in [0.2, 0.25) is 0 Å². The summed E-state index contributed by atoms with van der Waals surface area (Å²) in [6.07, 6.45) is 5.84. The Balaban J connectivity index is 2.07. The molecule has 2 atom stereocenters. The number of rotatable bonds is 2. The lowest BCUT2D eigenvalue weighted by Gasteiger charge is -2.40. The van der Waals surface area contributed by atoms with Gasteiger partial charge < -0.3 is 5.32 Å². The predicted molar refractivity (Wildman–Crippen MR) is 76.9 cm³/mol. The molecule has 2 rings (SSSR count). The van der Waals surface area contributed by atoms with Gasteiger partial charge in [0.15, 0.2) is 0 Å². The summed E-state index contributed by atoms with van der Waals surface area (Å²) < 4.78 is 12.8. The van der Waals surface area contributed by atoms with Gasteiger partial charge in [0, 0.05) is 12.2 Å². The van der Waals surface area contributed by atoms with Gasteiger partial charge in [0.05, 0.1) is 5.56 Å². The number of hydrogen-bond donors (Lipinski definition) is 1. The molecule has 1 aliphatic carbocycles. The first-order valence-electron chi connectivity index (χ1n) is 7.30. The minimum absolute atomic E-state index is 0.154. The Morgan fingerprint density at radius 1 is 1.30 bits per heavy atom. The summed E-state index contributed by atoms with van der Waals surface area (Å²) in [5, 5.41) is 3.11. The molecule has 4 heteroatoms. The van der Waals surface area contributed by atoms with Crippen molar-refractivity contribution in [2.75, 3.05) is 0 Å². The Hall–Kier alpha value is -1.45. The molecule has 3 nitrogen and oxygen atoms in total. The summed E-state index contributed by atoms with van der Waals surface area (Å²) in [4.78, 5) is 15.8. The van der Waals surface area contributed by atoms with Crippen LogP contribution in [0.5, 0.6) is 0 Å². The molecule has 1 saturated carbocycles. The van der Waals surface area contributed by atoms with Gasteiger partial charge in [-0.3, -0.25) is 4.79 Å². The zero-order valence-electron chi connectivity index (χ0n) is 12.4. The lowest BCUT2D eigenvalue weighted by atomic mass is 9.69. The molecule has 1 N–H and O–H groups in total. The van der Waals surface area contributed by atoms with E-state index in [4.69, 9.17) is 0 Å². The van der Waals surface area contributed by atoms with Crippen LogP contribution in [0.1, 0.15) is 56.8 Å². The number of pyridine rings is 1. The summed E-state index contributed by atoms with van der Waals surface area (Å²) in [6, 6.07) is 2.89. The quantitative estimate of drug-likeness (QED) is 0.840. The van der Waals surface area contributed by atoms with Crippen LogP contribution in [0.3, 0.4) is 0 Å². The number of carbonyl (C=O) groups is 1. The van der Waals surface area contributed by atoms with Crippen molar-refractivity contribution < 1.29 is 9.18 Å². The van der Waals surface area contributed by atoms with Gasteiger partial charge in [0.1, 0.15) is 0 Å². The van der Waals surface area contributed by atoms with E-state index in [9.17, 15) is 9.18 Å². The Morgan fingerprint density at radius 3 is 2.60 bits per heavy atom. The van der Waals surface area contributed by atoms with Crippen molar-refractivity contribution in [1.29, 1.82) is 0 Å². The molecule has 1 amide bonds. The SMILES string of the molecule is CC(C)(C)C1CCCCC1NC(=O)c1ccc(F)nc1. The van der Waals surface area contributed by atoms with Gasteiger partial charge in [-0.2, -0.15) is 4.39 Å². The van der Waals surface area contributed by atoms with Crippen LogP contribution >= 0.6 is 0 Å². The van der Waals surface area contributed by atoms with Gasteiger partial charge in [-0.25, -0.2) is 4.98 Å². The third kappa shape index (κ3) is 3.56. The Morgan fingerprint density at radius 2 is 2.00 bits per heavy atom. The maximum Gasteiger partial charge on any atom is 0.253 e. The number of aromatic nitrogens is 1. The number of carbonyl (C=O) groups excluding carboxylic acids is 1. The molecule has 1 heterocycles. The fraction of sp³-hybridized carbons (Fsp3) is 0.625. The highest BCUT2D eigenvalue weighted by molar-refractivity contribution is 5.94. The molecule has 2 unspecified atom stereocenters. The molecule has 110 valence electrons. The van der Waals surface area contributed by atoms with E-state index in [1.54, 1.807) is 0 Å². The molecule has 0 radical (unpaired) electrons. The van der Waals surface area contributed by atoms with Crippen LogP contribution in [0, 0.1) is 17.3 Å². The number of amides is 1. The van der Waals surface area contributed by atoms with Crippen molar-refractivity contribution in [3.63, 3.8) is 0 Å². The van der Waals surface area contributed by atoms with E-state index >= 15 is 0 Å². The van der Waals surface area contributed by atoms with Crippen molar-refractivity contribution in [2.24, 2.45) is 11.3 Å². The predicted octanol–water partition coefficient (Wildman–Crippen LogP) is 3.56. The average molecular weight is 278 g/mol. The van der Waals surface area contributed by atoms with Crippen molar-refractivity contribution in [1.82, 2.24) is 10.3 Å². The maximum atomic E-state index is 12.8. The van der Waals surface area contributed by atoms with Crippen molar-refractivity contribution in [2.45, 2.75) is 52.5 Å². The number of hydrogen-bond acceptors (Lipinski definition) is 2. The van der Waals surface area contributed by atoms with E-state index < -0.39 is 5.95 Å². The lowest BCUT2D eigenvalue weighted by Crippen LogP contribution is -2.46. The highest BCUT2D eigenvalue weighted by Gasteiger charge is 2.34. The Bertz CT molecular complexity index is 464. The van der Waals surface area contributed by atoms with Gasteiger partial charge in [-0.1, -0.05) is 33.6 Å². The summed E-state index contributed by atoms with van der Waals surface area (Å²) in [5.41, 5.74) is 0.601. The maximum absolute atomic E-state index is 12.8. The van der Waals surface area contributed by atoms with E-state index in [1.807, 2.05) is 0 Å². The van der Waals surface area contributed by atoms with Crippen LogP contribution in [0.4, 0.5) is 4.39 Å². The van der Waals surface area contributed by atoms with Crippen LogP contribution < -0.4 is 5.32 Å². The molecule has 1 aliphatic rings. The number of nitrogens with one attached hydrogen (secondary N) is 1. The fourth-order valence-corrected chi connectivity index (χ4v) is 3.10. The monoisotopic (exact) mass is 278 g/mol. The van der Waals surface area contributed by atoms with E-state index in [0.717, 1.165) is 19.3 Å². The Labute approximate surface area is 120 Å². The van der Waals surface area contributed by atoms with Crippen LogP contribution in [0.25, 0.3) is 0 Å². The minimum Gasteiger partial charge on any atom is -0.349 e. The van der Waals surface area contributed by atoms with Crippen molar-refractivity contribution in [3.8, 4) is 0 Å². The number of nitrogens with zero attached hydrogens (tertiary/aromatic N) is 1. The molecular weight excluding hydrogens is 255 g/mol. The van der Waals surface area contributed by atoms with Crippen molar-refractivity contribution in [3.05, 3.63) is 29.8 Å². The smallest absolute Gasteiger partial charge is 0.253 e. The first-order valence-corrected chi connectivity index (χ1v) is 7.30. The van der Waals surface area contributed by atoms with Crippen LogP contribution in [0.15, 0.2) is 18.3 Å². The van der Waals surface area contributed by atoms with E-state index in [1.165, 1.54) is 24.8 Å². The normalized spacial score (nSPS) is 23.4. The van der Waals surface area contributed by atoms with Crippen molar-refractivity contribution >= 4 is 5.91 Å². The van der Waals surface area contributed by atoms with E-state index in [-0.39, 0.29) is 17.4 Å². The standard InChI is InChI=1S/C16H23FN2O/c1-16(2,3)12-6-4-5-7-13(12)19-15(20)11-8-9-14(17)18-10-11/h8-10,12-13H,4-7H2,1-3H3,(H,19,20). The summed E-state index contributed by atoms with van der Waals surface area (Å²) in [6.45, 7) is 6.67. The third-order valence-electron chi connectivity index (χ3n) is 4.18. The van der Waals surface area contributed by atoms with E-state index in [0.29, 0.717) is 11.5 Å². The molecular formula is C16H23FN2O. The van der Waals surface area contributed by atoms with Gasteiger partial charge in [0.25, 0.3) is 5.91 Å². The van der Waals surface area contributed by atoms with Crippen LogP contribution in [-0.4, -0.2) is 16.9 Å². The largest absolute Gasteiger partial charge is 0.349 e. The second-order valence-electron chi connectivity index (χ2n) is 6.71. The minimum atomic E-state index is -0.563. The Kier molecular flexibility index (Phi) is 4.41.